The van der Waals surface area contributed by atoms with Crippen LogP contribution < -0.4 is 10.7 Å². The molecule has 0 spiro atoms. The third kappa shape index (κ3) is 4.41. The molecule has 1 aromatic carbocycles. The van der Waals surface area contributed by atoms with Gasteiger partial charge in [-0.2, -0.15) is 18.3 Å². The number of hydrazone groups is 1. The molecule has 0 aromatic heterocycles. The Bertz CT molecular complexity index is 495. The molecule has 0 bridgehead atoms. The summed E-state index contributed by atoms with van der Waals surface area (Å²) >= 11 is 0. The van der Waals surface area contributed by atoms with Gasteiger partial charge in [-0.15, -0.1) is 0 Å². The second-order valence-corrected chi connectivity index (χ2v) is 3.40. The van der Waals surface area contributed by atoms with Crippen molar-refractivity contribution in [3.63, 3.8) is 0 Å². The van der Waals surface area contributed by atoms with Gasteiger partial charge in [0.05, 0.1) is 11.8 Å². The standard InChI is InChI=1S/C11H10F3N3O2/c1-15-9(18)10(19)17-16-6-7-2-4-8(5-3-7)11(12,13)14/h2-6H,1H3,(H,15,18)(H,17,19)/b16-6-. The molecule has 2 amide bonds. The van der Waals surface area contributed by atoms with Crippen molar-refractivity contribution in [1.82, 2.24) is 10.7 Å². The maximum absolute atomic E-state index is 12.3. The fourth-order valence-electron chi connectivity index (χ4n) is 1.09. The minimum absolute atomic E-state index is 0.352. The number of alkyl halides is 3. The van der Waals surface area contributed by atoms with E-state index in [9.17, 15) is 22.8 Å². The number of hydrogen-bond acceptors (Lipinski definition) is 3. The van der Waals surface area contributed by atoms with Crippen molar-refractivity contribution in [2.75, 3.05) is 7.05 Å². The third-order valence-corrected chi connectivity index (χ3v) is 2.05. The molecular weight excluding hydrogens is 263 g/mol. The molecule has 0 aliphatic rings. The van der Waals surface area contributed by atoms with Gasteiger partial charge >= 0.3 is 18.0 Å². The number of carbonyl (C=O) groups is 2. The highest BCUT2D eigenvalue weighted by Gasteiger charge is 2.29. The highest BCUT2D eigenvalue weighted by molar-refractivity contribution is 6.34. The van der Waals surface area contributed by atoms with Gasteiger partial charge in [0.25, 0.3) is 0 Å². The molecule has 19 heavy (non-hydrogen) atoms. The van der Waals surface area contributed by atoms with E-state index in [4.69, 9.17) is 0 Å². The number of halogens is 3. The molecule has 0 aliphatic heterocycles. The average molecular weight is 273 g/mol. The summed E-state index contributed by atoms with van der Waals surface area (Å²) in [6.07, 6.45) is -3.27. The minimum Gasteiger partial charge on any atom is -0.351 e. The molecule has 1 aromatic rings. The van der Waals surface area contributed by atoms with Crippen LogP contribution in [0.3, 0.4) is 0 Å². The molecule has 2 N–H and O–H groups in total. The van der Waals surface area contributed by atoms with E-state index in [1.165, 1.54) is 19.2 Å². The van der Waals surface area contributed by atoms with E-state index in [2.05, 4.69) is 10.4 Å². The molecule has 8 heteroatoms. The van der Waals surface area contributed by atoms with Gasteiger partial charge in [-0.3, -0.25) is 9.59 Å². The fourth-order valence-corrected chi connectivity index (χ4v) is 1.09. The van der Waals surface area contributed by atoms with Gasteiger partial charge in [-0.1, -0.05) is 12.1 Å². The Balaban J connectivity index is 2.64. The number of nitrogens with zero attached hydrogens (tertiary/aromatic N) is 1. The maximum Gasteiger partial charge on any atom is 0.416 e. The molecule has 102 valence electrons. The molecule has 0 unspecified atom stereocenters. The Morgan fingerprint density at radius 1 is 1.16 bits per heavy atom. The molecule has 0 heterocycles. The number of hydrogen-bond donors (Lipinski definition) is 2. The second-order valence-electron chi connectivity index (χ2n) is 3.40. The fraction of sp³-hybridized carbons (Fsp3) is 0.182. The Hall–Kier alpha value is -2.38. The van der Waals surface area contributed by atoms with Gasteiger partial charge in [-0.05, 0) is 17.7 Å². The molecule has 0 aliphatic carbocycles. The topological polar surface area (TPSA) is 70.6 Å². The predicted octanol–water partition coefficient (Wildman–Crippen LogP) is 0.902. The molecule has 0 saturated carbocycles. The van der Waals surface area contributed by atoms with Gasteiger partial charge in [-0.25, -0.2) is 5.43 Å². The largest absolute Gasteiger partial charge is 0.416 e. The second kappa shape index (κ2) is 5.98. The van der Waals surface area contributed by atoms with Crippen molar-refractivity contribution >= 4 is 18.0 Å². The van der Waals surface area contributed by atoms with Crippen LogP contribution in [0.4, 0.5) is 13.2 Å². The van der Waals surface area contributed by atoms with Gasteiger partial charge in [0.1, 0.15) is 0 Å². The van der Waals surface area contributed by atoms with Gasteiger partial charge in [0.2, 0.25) is 0 Å². The summed E-state index contributed by atoms with van der Waals surface area (Å²) in [7, 11) is 1.28. The van der Waals surface area contributed by atoms with E-state index in [-0.39, 0.29) is 0 Å². The van der Waals surface area contributed by atoms with E-state index in [1.807, 2.05) is 5.43 Å². The Morgan fingerprint density at radius 2 is 1.74 bits per heavy atom. The lowest BCUT2D eigenvalue weighted by atomic mass is 10.1. The van der Waals surface area contributed by atoms with Gasteiger partial charge in [0.15, 0.2) is 0 Å². The van der Waals surface area contributed by atoms with E-state index in [0.717, 1.165) is 18.3 Å². The van der Waals surface area contributed by atoms with Crippen LogP contribution in [0.5, 0.6) is 0 Å². The van der Waals surface area contributed by atoms with Crippen molar-refractivity contribution in [2.45, 2.75) is 6.18 Å². The average Bonchev–Trinajstić information content (AvgIpc) is 2.37. The van der Waals surface area contributed by atoms with E-state index in [1.54, 1.807) is 0 Å². The van der Waals surface area contributed by atoms with Crippen LogP contribution in [-0.4, -0.2) is 25.1 Å². The van der Waals surface area contributed by atoms with Crippen LogP contribution in [0, 0.1) is 0 Å². The smallest absolute Gasteiger partial charge is 0.351 e. The normalized spacial score (nSPS) is 11.4. The number of likely N-dealkylation sites (N-methyl/N-ethyl adjacent to an activating group) is 1. The predicted molar refractivity (Wildman–Crippen MR) is 61.2 cm³/mol. The van der Waals surface area contributed by atoms with Crippen LogP contribution in [0.1, 0.15) is 11.1 Å². The van der Waals surface area contributed by atoms with Crippen LogP contribution in [0.2, 0.25) is 0 Å². The summed E-state index contributed by atoms with van der Waals surface area (Å²) in [5.74, 6) is -1.84. The van der Waals surface area contributed by atoms with Gasteiger partial charge < -0.3 is 5.32 Å². The van der Waals surface area contributed by atoms with Crippen LogP contribution in [-0.2, 0) is 15.8 Å². The zero-order valence-corrected chi connectivity index (χ0v) is 9.78. The summed E-state index contributed by atoms with van der Waals surface area (Å²) in [4.78, 5) is 21.8. The summed E-state index contributed by atoms with van der Waals surface area (Å²) in [5, 5.41) is 5.52. The van der Waals surface area contributed by atoms with Crippen molar-refractivity contribution in [3.05, 3.63) is 35.4 Å². The Morgan fingerprint density at radius 3 is 2.21 bits per heavy atom. The lowest BCUT2D eigenvalue weighted by Gasteiger charge is -2.05. The zero-order chi connectivity index (χ0) is 14.5. The van der Waals surface area contributed by atoms with Crippen LogP contribution in [0.25, 0.3) is 0 Å². The minimum atomic E-state index is -4.40. The summed E-state index contributed by atoms with van der Waals surface area (Å²) < 4.78 is 36.8. The SMILES string of the molecule is CNC(=O)C(=O)N/N=C\c1ccc(C(F)(F)F)cc1. The first kappa shape index (κ1) is 14.7. The zero-order valence-electron chi connectivity index (χ0n) is 9.78. The Labute approximate surface area is 106 Å². The lowest BCUT2D eigenvalue weighted by Crippen LogP contribution is -2.35. The number of benzene rings is 1. The third-order valence-electron chi connectivity index (χ3n) is 2.05. The molecule has 1 rings (SSSR count). The van der Waals surface area contributed by atoms with Crippen molar-refractivity contribution in [3.8, 4) is 0 Å². The van der Waals surface area contributed by atoms with E-state index < -0.39 is 23.6 Å². The van der Waals surface area contributed by atoms with Crippen molar-refractivity contribution in [2.24, 2.45) is 5.10 Å². The number of rotatable bonds is 2. The Kier molecular flexibility index (Phi) is 4.62. The summed E-state index contributed by atoms with van der Waals surface area (Å²) in [5.41, 5.74) is 1.50. The van der Waals surface area contributed by atoms with E-state index in [0.29, 0.717) is 5.56 Å². The monoisotopic (exact) mass is 273 g/mol. The van der Waals surface area contributed by atoms with Crippen molar-refractivity contribution in [1.29, 1.82) is 0 Å². The number of carbonyl (C=O) groups excluding carboxylic acids is 2. The molecule has 0 fully saturated rings. The molecule has 0 saturated heterocycles. The molecule has 0 atom stereocenters. The first-order chi connectivity index (χ1) is 8.84. The molecule has 0 radical (unpaired) electrons. The van der Waals surface area contributed by atoms with Crippen LogP contribution >= 0.6 is 0 Å². The molecular formula is C11H10F3N3O2. The lowest BCUT2D eigenvalue weighted by molar-refractivity contribution is -0.138. The first-order valence-electron chi connectivity index (χ1n) is 5.07. The summed E-state index contributed by atoms with van der Waals surface area (Å²) in [6, 6.07) is 4.17. The maximum atomic E-state index is 12.3. The summed E-state index contributed by atoms with van der Waals surface area (Å²) in [6.45, 7) is 0. The van der Waals surface area contributed by atoms with E-state index >= 15 is 0 Å². The van der Waals surface area contributed by atoms with Gasteiger partial charge in [0, 0.05) is 7.05 Å². The highest BCUT2D eigenvalue weighted by atomic mass is 19.4. The van der Waals surface area contributed by atoms with Crippen LogP contribution in [0.15, 0.2) is 29.4 Å². The number of nitrogens with one attached hydrogen (secondary N) is 2. The quantitative estimate of drug-likeness (QED) is 0.477. The highest BCUT2D eigenvalue weighted by Crippen LogP contribution is 2.28. The molecule has 5 nitrogen and oxygen atoms in total. The first-order valence-corrected chi connectivity index (χ1v) is 5.07. The van der Waals surface area contributed by atoms with Crippen molar-refractivity contribution < 1.29 is 22.8 Å². The number of amides is 2.